The number of oxazole rings is 1. The van der Waals surface area contributed by atoms with Crippen molar-refractivity contribution in [3.8, 4) is 11.3 Å². The molecule has 2 aromatic carbocycles. The lowest BCUT2D eigenvalue weighted by atomic mass is 10.2. The first-order valence-corrected chi connectivity index (χ1v) is 10.7. The van der Waals surface area contributed by atoms with Gasteiger partial charge in [0.1, 0.15) is 11.6 Å². The Morgan fingerprint density at radius 3 is 2.24 bits per heavy atom. The van der Waals surface area contributed by atoms with Crippen molar-refractivity contribution >= 4 is 17.5 Å². The van der Waals surface area contributed by atoms with E-state index in [1.165, 1.54) is 36.4 Å². The van der Waals surface area contributed by atoms with Gasteiger partial charge in [0.2, 0.25) is 11.8 Å². The van der Waals surface area contributed by atoms with Crippen LogP contribution < -0.4 is 5.32 Å². The van der Waals surface area contributed by atoms with Crippen molar-refractivity contribution in [3.63, 3.8) is 0 Å². The van der Waals surface area contributed by atoms with Crippen LogP contribution in [0.4, 0.5) is 14.5 Å². The van der Waals surface area contributed by atoms with E-state index in [0.29, 0.717) is 49.9 Å². The molecule has 33 heavy (non-hydrogen) atoms. The number of rotatable bonds is 7. The summed E-state index contributed by atoms with van der Waals surface area (Å²) in [5.41, 5.74) is 1.27. The highest BCUT2D eigenvalue weighted by Crippen LogP contribution is 2.21. The van der Waals surface area contributed by atoms with Crippen LogP contribution >= 0.6 is 0 Å². The Balaban J connectivity index is 1.19. The number of carbonyl (C=O) groups excluding carboxylic acids is 2. The maximum atomic E-state index is 13.1. The molecule has 0 saturated carbocycles. The molecule has 0 spiro atoms. The van der Waals surface area contributed by atoms with Crippen molar-refractivity contribution < 1.29 is 22.8 Å². The second kappa shape index (κ2) is 10.4. The first-order valence-electron chi connectivity index (χ1n) is 10.7. The third-order valence-electron chi connectivity index (χ3n) is 5.46. The van der Waals surface area contributed by atoms with Crippen LogP contribution in [0.1, 0.15) is 12.3 Å². The molecule has 0 unspecified atom stereocenters. The summed E-state index contributed by atoms with van der Waals surface area (Å²) in [5, 5.41) is 2.74. The van der Waals surface area contributed by atoms with E-state index in [1.807, 2.05) is 4.90 Å². The Morgan fingerprint density at radius 2 is 1.58 bits per heavy atom. The normalized spacial score (nSPS) is 14.3. The second-order valence-electron chi connectivity index (χ2n) is 7.84. The third-order valence-corrected chi connectivity index (χ3v) is 5.46. The molecule has 1 saturated heterocycles. The maximum absolute atomic E-state index is 13.1. The van der Waals surface area contributed by atoms with E-state index in [0.717, 1.165) is 5.56 Å². The van der Waals surface area contributed by atoms with E-state index in [-0.39, 0.29) is 36.4 Å². The molecule has 3 aromatic rings. The van der Waals surface area contributed by atoms with Crippen molar-refractivity contribution in [2.75, 3.05) is 38.0 Å². The molecule has 172 valence electrons. The molecule has 2 amide bonds. The van der Waals surface area contributed by atoms with E-state index in [4.69, 9.17) is 4.42 Å². The highest BCUT2D eigenvalue weighted by molar-refractivity contribution is 5.92. The molecule has 4 rings (SSSR count). The van der Waals surface area contributed by atoms with E-state index in [1.54, 1.807) is 23.2 Å². The molecule has 9 heteroatoms. The lowest BCUT2D eigenvalue weighted by Crippen LogP contribution is -2.50. The number of aryl methyl sites for hydroxylation is 1. The van der Waals surface area contributed by atoms with Crippen LogP contribution in [0.3, 0.4) is 0 Å². The quantitative estimate of drug-likeness (QED) is 0.593. The van der Waals surface area contributed by atoms with Gasteiger partial charge in [-0.25, -0.2) is 13.8 Å². The monoisotopic (exact) mass is 454 g/mol. The minimum Gasteiger partial charge on any atom is -0.441 e. The fraction of sp³-hybridized carbons (Fsp3) is 0.292. The molecule has 0 bridgehead atoms. The predicted octanol–water partition coefficient (Wildman–Crippen LogP) is 3.34. The SMILES string of the molecule is O=C(CN1CCN(C(=O)CCc2ncc(-c3ccc(F)cc3)o2)CC1)Nc1ccc(F)cc1. The van der Waals surface area contributed by atoms with Crippen molar-refractivity contribution in [1.29, 1.82) is 0 Å². The molecule has 2 heterocycles. The first-order chi connectivity index (χ1) is 16.0. The second-order valence-corrected chi connectivity index (χ2v) is 7.84. The van der Waals surface area contributed by atoms with Crippen LogP contribution in [0.25, 0.3) is 11.3 Å². The lowest BCUT2D eigenvalue weighted by molar-refractivity contribution is -0.133. The average molecular weight is 454 g/mol. The van der Waals surface area contributed by atoms with Gasteiger partial charge in [0.25, 0.3) is 0 Å². The average Bonchev–Trinajstić information content (AvgIpc) is 3.29. The Labute approximate surface area is 190 Å². The molecule has 0 aliphatic carbocycles. The number of aromatic nitrogens is 1. The summed E-state index contributed by atoms with van der Waals surface area (Å²) in [4.78, 5) is 32.7. The van der Waals surface area contributed by atoms with E-state index < -0.39 is 0 Å². The maximum Gasteiger partial charge on any atom is 0.238 e. The largest absolute Gasteiger partial charge is 0.441 e. The van der Waals surface area contributed by atoms with Crippen LogP contribution in [0.5, 0.6) is 0 Å². The van der Waals surface area contributed by atoms with Crippen LogP contribution in [0.15, 0.2) is 59.1 Å². The molecule has 0 radical (unpaired) electrons. The van der Waals surface area contributed by atoms with Crippen molar-refractivity contribution in [3.05, 3.63) is 72.3 Å². The minimum absolute atomic E-state index is 0.00643. The third kappa shape index (κ3) is 6.23. The van der Waals surface area contributed by atoms with Gasteiger partial charge in [0.15, 0.2) is 11.7 Å². The van der Waals surface area contributed by atoms with Gasteiger partial charge in [-0.3, -0.25) is 14.5 Å². The summed E-state index contributed by atoms with van der Waals surface area (Å²) in [6.45, 7) is 2.47. The molecule has 1 aliphatic rings. The van der Waals surface area contributed by atoms with Gasteiger partial charge in [0, 0.05) is 50.3 Å². The molecule has 7 nitrogen and oxygen atoms in total. The lowest BCUT2D eigenvalue weighted by Gasteiger charge is -2.34. The number of amides is 2. The standard InChI is InChI=1S/C24H24F2N4O3/c25-18-3-1-17(2-4-18)21-15-27-23(33-21)9-10-24(32)30-13-11-29(12-14-30)16-22(31)28-20-7-5-19(26)6-8-20/h1-8,15H,9-14,16H2,(H,28,31). The van der Waals surface area contributed by atoms with Crippen LogP contribution in [0.2, 0.25) is 0 Å². The summed E-state index contributed by atoms with van der Waals surface area (Å²) in [5.74, 6) is 0.139. The van der Waals surface area contributed by atoms with Crippen LogP contribution in [0, 0.1) is 11.6 Å². The van der Waals surface area contributed by atoms with E-state index in [2.05, 4.69) is 10.3 Å². The van der Waals surface area contributed by atoms with Crippen LogP contribution in [-0.4, -0.2) is 59.3 Å². The molecular weight excluding hydrogens is 430 g/mol. The van der Waals surface area contributed by atoms with Gasteiger partial charge in [-0.1, -0.05) is 0 Å². The highest BCUT2D eigenvalue weighted by atomic mass is 19.1. The summed E-state index contributed by atoms with van der Waals surface area (Å²) < 4.78 is 31.7. The van der Waals surface area contributed by atoms with Gasteiger partial charge in [0.05, 0.1) is 12.7 Å². The number of benzene rings is 2. The minimum atomic E-state index is -0.357. The van der Waals surface area contributed by atoms with Gasteiger partial charge < -0.3 is 14.6 Å². The Hall–Kier alpha value is -3.59. The summed E-state index contributed by atoms with van der Waals surface area (Å²) >= 11 is 0. The zero-order valence-corrected chi connectivity index (χ0v) is 18.0. The van der Waals surface area contributed by atoms with Gasteiger partial charge >= 0.3 is 0 Å². The highest BCUT2D eigenvalue weighted by Gasteiger charge is 2.22. The first kappa shape index (κ1) is 22.6. The zero-order chi connectivity index (χ0) is 23.2. The van der Waals surface area contributed by atoms with Crippen molar-refractivity contribution in [1.82, 2.24) is 14.8 Å². The zero-order valence-electron chi connectivity index (χ0n) is 18.0. The van der Waals surface area contributed by atoms with E-state index in [9.17, 15) is 18.4 Å². The van der Waals surface area contributed by atoms with Gasteiger partial charge in [-0.05, 0) is 48.5 Å². The Bertz CT molecular complexity index is 1090. The van der Waals surface area contributed by atoms with Gasteiger partial charge in [-0.2, -0.15) is 0 Å². The predicted molar refractivity (Wildman–Crippen MR) is 118 cm³/mol. The number of piperazine rings is 1. The number of carbonyl (C=O) groups is 2. The smallest absolute Gasteiger partial charge is 0.238 e. The number of nitrogens with one attached hydrogen (secondary N) is 1. The number of halogens is 2. The number of anilines is 1. The molecular formula is C24H24F2N4O3. The van der Waals surface area contributed by atoms with Crippen LogP contribution in [-0.2, 0) is 16.0 Å². The Morgan fingerprint density at radius 1 is 0.939 bits per heavy atom. The molecule has 1 aliphatic heterocycles. The van der Waals surface area contributed by atoms with Crippen molar-refractivity contribution in [2.24, 2.45) is 0 Å². The molecule has 1 aromatic heterocycles. The summed E-state index contributed by atoms with van der Waals surface area (Å²) in [6.07, 6.45) is 2.22. The topological polar surface area (TPSA) is 78.7 Å². The summed E-state index contributed by atoms with van der Waals surface area (Å²) in [6, 6.07) is 11.6. The van der Waals surface area contributed by atoms with Crippen molar-refractivity contribution in [2.45, 2.75) is 12.8 Å². The summed E-state index contributed by atoms with van der Waals surface area (Å²) in [7, 11) is 0. The fourth-order valence-electron chi connectivity index (χ4n) is 3.64. The van der Waals surface area contributed by atoms with Gasteiger partial charge in [-0.15, -0.1) is 0 Å². The molecule has 1 fully saturated rings. The molecule has 1 N–H and O–H groups in total. The number of hydrogen-bond acceptors (Lipinski definition) is 5. The van der Waals surface area contributed by atoms with E-state index >= 15 is 0 Å². The number of hydrogen-bond donors (Lipinski definition) is 1. The number of nitrogens with zero attached hydrogens (tertiary/aromatic N) is 3. The molecule has 0 atom stereocenters. The Kier molecular flexibility index (Phi) is 7.09. The fourth-order valence-corrected chi connectivity index (χ4v) is 3.64.